The number of hydrogen-bond donors (Lipinski definition) is 0. The Kier molecular flexibility index (Phi) is 8.02. The fraction of sp³-hybridized carbons (Fsp3) is 0.556. The Morgan fingerprint density at radius 1 is 0.947 bits per heavy atom. The second-order valence-corrected chi connectivity index (χ2v) is 5.15. The van der Waals surface area contributed by atoms with Crippen LogP contribution in [-0.4, -0.2) is 24.5 Å². The van der Waals surface area contributed by atoms with Gasteiger partial charge in [-0.05, 0) is 45.0 Å². The van der Waals surface area contributed by atoms with Crippen LogP contribution in [0.15, 0.2) is 24.3 Å². The van der Waals surface area contributed by atoms with E-state index in [9.17, 15) is 0 Å². The van der Waals surface area contributed by atoms with E-state index < -0.39 is 0 Å². The van der Waals surface area contributed by atoms with Gasteiger partial charge in [0.1, 0.15) is 0 Å². The zero-order valence-corrected chi connectivity index (χ0v) is 12.7. The second-order valence-electron chi connectivity index (χ2n) is 5.15. The molecule has 0 aliphatic heterocycles. The van der Waals surface area contributed by atoms with E-state index >= 15 is 0 Å². The predicted molar refractivity (Wildman–Crippen MR) is 84.3 cm³/mol. The molecule has 104 valence electrons. The van der Waals surface area contributed by atoms with Crippen LogP contribution in [0.2, 0.25) is 0 Å². The average molecular weight is 257 g/mol. The maximum absolute atomic E-state index is 3.31. The van der Waals surface area contributed by atoms with Gasteiger partial charge in [0.2, 0.25) is 0 Å². The van der Waals surface area contributed by atoms with E-state index in [1.165, 1.54) is 44.3 Å². The van der Waals surface area contributed by atoms with Crippen molar-refractivity contribution in [3.05, 3.63) is 35.4 Å². The Hall–Kier alpha value is -1.26. The smallest absolute Gasteiger partial charge is 0.0605 e. The molecule has 0 amide bonds. The molecule has 0 heterocycles. The predicted octanol–water partition coefficient (Wildman–Crippen LogP) is 4.25. The lowest BCUT2D eigenvalue weighted by Gasteiger charge is -2.18. The molecule has 1 aromatic rings. The van der Waals surface area contributed by atoms with Crippen molar-refractivity contribution in [2.45, 2.75) is 46.5 Å². The summed E-state index contributed by atoms with van der Waals surface area (Å²) in [5, 5.41) is 0. The Bertz CT molecular complexity index is 386. The Morgan fingerprint density at radius 3 is 2.05 bits per heavy atom. The summed E-state index contributed by atoms with van der Waals surface area (Å²) in [4.78, 5) is 2.48. The highest BCUT2D eigenvalue weighted by atomic mass is 15.1. The molecule has 0 N–H and O–H groups in total. The third-order valence-corrected chi connectivity index (χ3v) is 3.24. The maximum atomic E-state index is 3.31. The fourth-order valence-electron chi connectivity index (χ4n) is 1.92. The highest BCUT2D eigenvalue weighted by Gasteiger charge is 2.00. The lowest BCUT2D eigenvalue weighted by atomic mass is 10.1. The van der Waals surface area contributed by atoms with E-state index in [1.807, 2.05) is 0 Å². The first-order chi connectivity index (χ1) is 9.26. The number of hydrogen-bond acceptors (Lipinski definition) is 1. The zero-order chi connectivity index (χ0) is 13.9. The third kappa shape index (κ3) is 7.03. The van der Waals surface area contributed by atoms with Crippen molar-refractivity contribution in [2.24, 2.45) is 0 Å². The SMILES string of the molecule is CCCCN(CC#Cc1ccc(C)cc1)CCCC. The summed E-state index contributed by atoms with van der Waals surface area (Å²) in [6.45, 7) is 9.85. The van der Waals surface area contributed by atoms with E-state index in [1.54, 1.807) is 0 Å². The molecule has 0 radical (unpaired) electrons. The molecule has 1 aromatic carbocycles. The molecule has 0 aliphatic carbocycles. The molecule has 0 spiro atoms. The first-order valence-corrected chi connectivity index (χ1v) is 7.54. The van der Waals surface area contributed by atoms with Crippen molar-refractivity contribution in [1.29, 1.82) is 0 Å². The lowest BCUT2D eigenvalue weighted by molar-refractivity contribution is 0.296. The molecule has 0 fully saturated rings. The summed E-state index contributed by atoms with van der Waals surface area (Å²) in [5.41, 5.74) is 2.41. The van der Waals surface area contributed by atoms with Crippen LogP contribution in [0.25, 0.3) is 0 Å². The van der Waals surface area contributed by atoms with E-state index in [4.69, 9.17) is 0 Å². The molecule has 1 nitrogen and oxygen atoms in total. The molecule has 0 unspecified atom stereocenters. The largest absolute Gasteiger partial charge is 0.292 e. The van der Waals surface area contributed by atoms with E-state index in [-0.39, 0.29) is 0 Å². The van der Waals surface area contributed by atoms with E-state index in [0.717, 1.165) is 12.1 Å². The molecule has 1 rings (SSSR count). The zero-order valence-electron chi connectivity index (χ0n) is 12.7. The maximum Gasteiger partial charge on any atom is 0.0605 e. The second kappa shape index (κ2) is 9.64. The van der Waals surface area contributed by atoms with Gasteiger partial charge in [-0.2, -0.15) is 0 Å². The number of benzene rings is 1. The molecule has 0 aliphatic rings. The van der Waals surface area contributed by atoms with Gasteiger partial charge in [-0.3, -0.25) is 4.90 Å². The molecule has 0 bridgehead atoms. The van der Waals surface area contributed by atoms with Crippen LogP contribution < -0.4 is 0 Å². The average Bonchev–Trinajstić information content (AvgIpc) is 2.43. The van der Waals surface area contributed by atoms with Gasteiger partial charge in [0, 0.05) is 5.56 Å². The molecule has 1 heteroatoms. The molecule has 19 heavy (non-hydrogen) atoms. The van der Waals surface area contributed by atoms with Crippen molar-refractivity contribution < 1.29 is 0 Å². The molecule has 0 aromatic heterocycles. The van der Waals surface area contributed by atoms with Crippen molar-refractivity contribution in [2.75, 3.05) is 19.6 Å². The van der Waals surface area contributed by atoms with Gasteiger partial charge in [-0.25, -0.2) is 0 Å². The van der Waals surface area contributed by atoms with Gasteiger partial charge in [0.15, 0.2) is 0 Å². The number of nitrogens with zero attached hydrogens (tertiary/aromatic N) is 1. The van der Waals surface area contributed by atoms with Gasteiger partial charge in [0.25, 0.3) is 0 Å². The van der Waals surface area contributed by atoms with Crippen molar-refractivity contribution in [1.82, 2.24) is 4.90 Å². The summed E-state index contributed by atoms with van der Waals surface area (Å²) in [5.74, 6) is 6.58. The minimum absolute atomic E-state index is 0.897. The minimum Gasteiger partial charge on any atom is -0.292 e. The number of rotatable bonds is 7. The van der Waals surface area contributed by atoms with Crippen LogP contribution in [0.5, 0.6) is 0 Å². The summed E-state index contributed by atoms with van der Waals surface area (Å²) in [6.07, 6.45) is 5.06. The monoisotopic (exact) mass is 257 g/mol. The van der Waals surface area contributed by atoms with Crippen LogP contribution in [0.1, 0.15) is 50.7 Å². The van der Waals surface area contributed by atoms with Crippen LogP contribution >= 0.6 is 0 Å². The third-order valence-electron chi connectivity index (χ3n) is 3.24. The van der Waals surface area contributed by atoms with Crippen LogP contribution in [-0.2, 0) is 0 Å². The minimum atomic E-state index is 0.897. The van der Waals surface area contributed by atoms with Gasteiger partial charge < -0.3 is 0 Å². The van der Waals surface area contributed by atoms with E-state index in [0.29, 0.717) is 0 Å². The number of unbranched alkanes of at least 4 members (excludes halogenated alkanes) is 2. The van der Waals surface area contributed by atoms with Crippen molar-refractivity contribution in [3.8, 4) is 11.8 Å². The first kappa shape index (κ1) is 15.8. The van der Waals surface area contributed by atoms with Gasteiger partial charge >= 0.3 is 0 Å². The van der Waals surface area contributed by atoms with Gasteiger partial charge in [-0.15, -0.1) is 0 Å². The Balaban J connectivity index is 2.47. The standard InChI is InChI=1S/C18H27N/c1-4-6-14-19(15-7-5-2)16-8-9-18-12-10-17(3)11-13-18/h10-13H,4-7,14-16H2,1-3H3. The highest BCUT2D eigenvalue weighted by molar-refractivity contribution is 5.35. The van der Waals surface area contributed by atoms with Gasteiger partial charge in [-0.1, -0.05) is 56.2 Å². The van der Waals surface area contributed by atoms with Gasteiger partial charge in [0.05, 0.1) is 6.54 Å². The van der Waals surface area contributed by atoms with E-state index in [2.05, 4.69) is 61.8 Å². The quantitative estimate of drug-likeness (QED) is 0.660. The first-order valence-electron chi connectivity index (χ1n) is 7.54. The normalized spacial score (nSPS) is 10.3. The topological polar surface area (TPSA) is 3.24 Å². The molecule has 0 saturated carbocycles. The summed E-state index contributed by atoms with van der Waals surface area (Å²) >= 11 is 0. The van der Waals surface area contributed by atoms with Crippen molar-refractivity contribution in [3.63, 3.8) is 0 Å². The summed E-state index contributed by atoms with van der Waals surface area (Å²) < 4.78 is 0. The van der Waals surface area contributed by atoms with Crippen molar-refractivity contribution >= 4 is 0 Å². The van der Waals surface area contributed by atoms with Crippen LogP contribution in [0.3, 0.4) is 0 Å². The summed E-state index contributed by atoms with van der Waals surface area (Å²) in [7, 11) is 0. The van der Waals surface area contributed by atoms with Crippen LogP contribution in [0, 0.1) is 18.8 Å². The van der Waals surface area contributed by atoms with Crippen LogP contribution in [0.4, 0.5) is 0 Å². The highest BCUT2D eigenvalue weighted by Crippen LogP contribution is 2.02. The molecular weight excluding hydrogens is 230 g/mol. The summed E-state index contributed by atoms with van der Waals surface area (Å²) in [6, 6.07) is 8.45. The fourth-order valence-corrected chi connectivity index (χ4v) is 1.92. The molecule has 0 saturated heterocycles. The Morgan fingerprint density at radius 2 is 1.53 bits per heavy atom. The number of aryl methyl sites for hydroxylation is 1. The Labute approximate surface area is 119 Å². The molecular formula is C18H27N. The molecule has 0 atom stereocenters. The lowest BCUT2D eigenvalue weighted by Crippen LogP contribution is -2.26.